The number of carbonyl (C=O) groups is 3. The molecule has 3 aliphatic heterocycles. The Hall–Kier alpha value is -3.68. The van der Waals surface area contributed by atoms with Crippen LogP contribution in [0.3, 0.4) is 0 Å². The summed E-state index contributed by atoms with van der Waals surface area (Å²) in [6.07, 6.45) is 1.63. The Labute approximate surface area is 203 Å². The Balaban J connectivity index is 1.80. The summed E-state index contributed by atoms with van der Waals surface area (Å²) in [5.74, 6) is -4.49. The van der Waals surface area contributed by atoms with Crippen LogP contribution in [0.1, 0.15) is 63.3 Å². The molecule has 2 aromatic carbocycles. The topological polar surface area (TPSA) is 94.5 Å². The Kier molecular flexibility index (Phi) is 5.05. The van der Waals surface area contributed by atoms with Gasteiger partial charge in [0.2, 0.25) is 5.41 Å². The monoisotopic (exact) mass is 476 g/mol. The molecule has 0 saturated carbocycles. The van der Waals surface area contributed by atoms with Gasteiger partial charge in [-0.3, -0.25) is 14.6 Å². The molecule has 3 unspecified atom stereocenters. The lowest BCUT2D eigenvalue weighted by Gasteiger charge is -2.44. The van der Waals surface area contributed by atoms with Crippen molar-refractivity contribution in [3.8, 4) is 0 Å². The van der Waals surface area contributed by atoms with Crippen molar-refractivity contribution in [2.75, 3.05) is 0 Å². The molecular weight excluding hydrogens is 448 g/mol. The first-order valence-electron chi connectivity index (χ1n) is 11.6. The van der Waals surface area contributed by atoms with Gasteiger partial charge in [-0.25, -0.2) is 4.79 Å². The normalized spacial score (nSPS) is 26.0. The second kappa shape index (κ2) is 7.66. The van der Waals surface area contributed by atoms with Gasteiger partial charge in [0.15, 0.2) is 6.04 Å². The summed E-state index contributed by atoms with van der Waals surface area (Å²) in [5, 5.41) is 6.11. The van der Waals surface area contributed by atoms with Gasteiger partial charge < -0.3 is 14.2 Å². The molecule has 35 heavy (non-hydrogen) atoms. The summed E-state index contributed by atoms with van der Waals surface area (Å²) in [6.45, 7) is 8.33. The van der Waals surface area contributed by atoms with E-state index in [1.807, 2.05) is 30.3 Å². The summed E-state index contributed by atoms with van der Waals surface area (Å²) in [5.41, 5.74) is -0.639. The lowest BCUT2D eigenvalue weighted by molar-refractivity contribution is -0.254. The summed E-state index contributed by atoms with van der Waals surface area (Å²) in [4.78, 5) is 41.7. The number of hydrazone groups is 1. The van der Waals surface area contributed by atoms with E-state index in [0.717, 1.165) is 5.56 Å². The highest BCUT2D eigenvalue weighted by Gasteiger charge is 2.75. The lowest BCUT2D eigenvalue weighted by Crippen LogP contribution is -2.58. The summed E-state index contributed by atoms with van der Waals surface area (Å²) < 4.78 is 17.2. The number of rotatable bonds is 2. The van der Waals surface area contributed by atoms with E-state index in [1.165, 1.54) is 18.9 Å². The van der Waals surface area contributed by atoms with Gasteiger partial charge in [0.25, 0.3) is 5.79 Å². The molecule has 0 aromatic heterocycles. The highest BCUT2D eigenvalue weighted by atomic mass is 16.7. The molecule has 5 rings (SSSR count). The predicted molar refractivity (Wildman–Crippen MR) is 126 cm³/mol. The van der Waals surface area contributed by atoms with Crippen molar-refractivity contribution in [3.05, 3.63) is 71.3 Å². The summed E-state index contributed by atoms with van der Waals surface area (Å²) in [6, 6.07) is 14.4. The Morgan fingerprint density at radius 3 is 2.20 bits per heavy atom. The highest BCUT2D eigenvalue weighted by Crippen LogP contribution is 2.62. The number of benzene rings is 2. The van der Waals surface area contributed by atoms with Crippen molar-refractivity contribution >= 4 is 24.1 Å². The third kappa shape index (κ3) is 3.50. The molecule has 0 amide bonds. The maximum absolute atomic E-state index is 14.0. The number of carbonyl (C=O) groups excluding carboxylic acids is 3. The maximum atomic E-state index is 14.0. The van der Waals surface area contributed by atoms with E-state index in [1.54, 1.807) is 51.3 Å². The Bertz CT molecular complexity index is 1210. The van der Waals surface area contributed by atoms with Crippen molar-refractivity contribution in [2.24, 2.45) is 10.5 Å². The third-order valence-electron chi connectivity index (χ3n) is 6.57. The van der Waals surface area contributed by atoms with Crippen LogP contribution in [0.15, 0.2) is 59.7 Å². The van der Waals surface area contributed by atoms with Crippen LogP contribution in [-0.4, -0.2) is 46.6 Å². The SMILES string of the molecule is CC(C)(C)OC(=O)C1C(c2ccccc2)C2(C(=O)OC(C)(C)OC2=O)C2c3ccccc3C=NN12. The fourth-order valence-corrected chi connectivity index (χ4v) is 5.38. The van der Waals surface area contributed by atoms with Gasteiger partial charge in [-0.1, -0.05) is 54.6 Å². The zero-order valence-electron chi connectivity index (χ0n) is 20.3. The number of nitrogens with zero attached hydrogens (tertiary/aromatic N) is 2. The summed E-state index contributed by atoms with van der Waals surface area (Å²) in [7, 11) is 0. The molecular formula is C27H28N2O6. The van der Waals surface area contributed by atoms with E-state index in [4.69, 9.17) is 14.2 Å². The molecule has 3 aliphatic rings. The average molecular weight is 477 g/mol. The average Bonchev–Trinajstić information content (AvgIpc) is 3.09. The van der Waals surface area contributed by atoms with E-state index in [9.17, 15) is 14.4 Å². The zero-order valence-corrected chi connectivity index (χ0v) is 20.3. The third-order valence-corrected chi connectivity index (χ3v) is 6.57. The van der Waals surface area contributed by atoms with E-state index in [-0.39, 0.29) is 0 Å². The number of fused-ring (bicyclic) bond motifs is 4. The van der Waals surface area contributed by atoms with Crippen LogP contribution in [0.25, 0.3) is 0 Å². The number of hydrogen-bond donors (Lipinski definition) is 0. The maximum Gasteiger partial charge on any atom is 0.331 e. The van der Waals surface area contributed by atoms with Crippen LogP contribution in [0.4, 0.5) is 0 Å². The Morgan fingerprint density at radius 2 is 1.57 bits per heavy atom. The molecule has 182 valence electrons. The molecule has 0 radical (unpaired) electrons. The second-order valence-corrected chi connectivity index (χ2v) is 10.6. The van der Waals surface area contributed by atoms with E-state index < -0.39 is 52.7 Å². The largest absolute Gasteiger partial charge is 0.458 e. The number of esters is 3. The van der Waals surface area contributed by atoms with Gasteiger partial charge in [-0.2, -0.15) is 5.10 Å². The van der Waals surface area contributed by atoms with E-state index in [0.29, 0.717) is 11.1 Å². The molecule has 8 heteroatoms. The zero-order chi connectivity index (χ0) is 25.2. The van der Waals surface area contributed by atoms with E-state index >= 15 is 0 Å². The van der Waals surface area contributed by atoms with Crippen LogP contribution in [-0.2, 0) is 28.6 Å². The van der Waals surface area contributed by atoms with Gasteiger partial charge in [0.1, 0.15) is 11.6 Å². The molecule has 2 aromatic rings. The Morgan fingerprint density at radius 1 is 0.971 bits per heavy atom. The standard InChI is InChI=1S/C27H28N2O6/c1-25(2,3)33-22(30)20-19(16-11-7-6-8-12-16)27(23(31)34-26(4,5)35-24(27)32)21-18-14-10-9-13-17(18)15-28-29(20)21/h6-15,19-21H,1-5H3. The van der Waals surface area contributed by atoms with Crippen LogP contribution < -0.4 is 0 Å². The first-order chi connectivity index (χ1) is 16.5. The molecule has 2 saturated heterocycles. The molecule has 8 nitrogen and oxygen atoms in total. The molecule has 2 fully saturated rings. The van der Waals surface area contributed by atoms with Crippen molar-refractivity contribution in [2.45, 2.75) is 64.0 Å². The van der Waals surface area contributed by atoms with Crippen LogP contribution >= 0.6 is 0 Å². The summed E-state index contributed by atoms with van der Waals surface area (Å²) >= 11 is 0. The molecule has 0 N–H and O–H groups in total. The predicted octanol–water partition coefficient (Wildman–Crippen LogP) is 3.71. The second-order valence-electron chi connectivity index (χ2n) is 10.6. The molecule has 1 spiro atoms. The minimum Gasteiger partial charge on any atom is -0.458 e. The van der Waals surface area contributed by atoms with Gasteiger partial charge in [-0.15, -0.1) is 0 Å². The van der Waals surface area contributed by atoms with Gasteiger partial charge >= 0.3 is 17.9 Å². The fourth-order valence-electron chi connectivity index (χ4n) is 5.38. The molecule has 3 atom stereocenters. The smallest absolute Gasteiger partial charge is 0.331 e. The van der Waals surface area contributed by atoms with Crippen molar-refractivity contribution in [3.63, 3.8) is 0 Å². The number of cyclic esters (lactones) is 2. The van der Waals surface area contributed by atoms with Crippen LogP contribution in [0.5, 0.6) is 0 Å². The first-order valence-corrected chi connectivity index (χ1v) is 11.6. The molecule has 0 bridgehead atoms. The first kappa shape index (κ1) is 23.1. The van der Waals surface area contributed by atoms with Crippen LogP contribution in [0.2, 0.25) is 0 Å². The molecule has 0 aliphatic carbocycles. The van der Waals surface area contributed by atoms with Gasteiger partial charge in [-0.05, 0) is 37.5 Å². The number of ether oxygens (including phenoxy) is 3. The fraction of sp³-hybridized carbons (Fsp3) is 0.407. The van der Waals surface area contributed by atoms with Crippen LogP contribution in [0, 0.1) is 5.41 Å². The minimum absolute atomic E-state index is 0.588. The van der Waals surface area contributed by atoms with Gasteiger partial charge in [0, 0.05) is 19.8 Å². The minimum atomic E-state index is -1.88. The van der Waals surface area contributed by atoms with E-state index in [2.05, 4.69) is 5.10 Å². The number of hydrogen-bond acceptors (Lipinski definition) is 8. The quantitative estimate of drug-likeness (QED) is 0.482. The molecule has 3 heterocycles. The van der Waals surface area contributed by atoms with Crippen molar-refractivity contribution < 1.29 is 28.6 Å². The van der Waals surface area contributed by atoms with Crippen molar-refractivity contribution in [1.29, 1.82) is 0 Å². The van der Waals surface area contributed by atoms with Crippen molar-refractivity contribution in [1.82, 2.24) is 5.01 Å². The highest BCUT2D eigenvalue weighted by molar-refractivity contribution is 6.06. The van der Waals surface area contributed by atoms with Gasteiger partial charge in [0.05, 0.1) is 6.21 Å². The lowest BCUT2D eigenvalue weighted by atomic mass is 9.65.